The molecule has 0 spiro atoms. The molecule has 1 aliphatic carbocycles. The quantitative estimate of drug-likeness (QED) is 0.774. The molecule has 1 saturated carbocycles. The first-order valence-corrected chi connectivity index (χ1v) is 8.70. The number of rotatable bonds is 2. The fraction of sp³-hybridized carbons (Fsp3) is 0.190. The van der Waals surface area contributed by atoms with E-state index in [-0.39, 0.29) is 5.91 Å². The third-order valence-electron chi connectivity index (χ3n) is 5.25. The number of carbonyl (C=O) groups excluding carboxylic acids is 1. The molecule has 1 fully saturated rings. The van der Waals surface area contributed by atoms with E-state index in [9.17, 15) is 10.1 Å². The number of hydrogen-bond acceptors (Lipinski definition) is 4. The molecule has 5 rings (SSSR count). The molecule has 0 saturated heterocycles. The number of anilines is 1. The summed E-state index contributed by atoms with van der Waals surface area (Å²) >= 11 is 0. The lowest BCUT2D eigenvalue weighted by atomic mass is 9.96. The number of nitrogen functional groups attached to an aromatic ring is 1. The molecule has 26 heavy (non-hydrogen) atoms. The van der Waals surface area contributed by atoms with Gasteiger partial charge >= 0.3 is 0 Å². The van der Waals surface area contributed by atoms with E-state index < -0.39 is 0 Å². The van der Waals surface area contributed by atoms with Crippen LogP contribution in [-0.2, 0) is 6.54 Å². The minimum atomic E-state index is -0.00257. The van der Waals surface area contributed by atoms with Crippen molar-refractivity contribution in [2.24, 2.45) is 0 Å². The van der Waals surface area contributed by atoms with Crippen LogP contribution in [0.4, 0.5) is 5.69 Å². The third-order valence-corrected chi connectivity index (χ3v) is 5.25. The average molecular weight is 340 g/mol. The number of pyridine rings is 1. The number of nitriles is 1. The summed E-state index contributed by atoms with van der Waals surface area (Å²) in [6.45, 7) is 0.521. The lowest BCUT2D eigenvalue weighted by Gasteiger charge is -2.13. The maximum absolute atomic E-state index is 12.8. The molecular weight excluding hydrogens is 324 g/mol. The smallest absolute Gasteiger partial charge is 0.258 e. The average Bonchev–Trinajstić information content (AvgIpc) is 3.45. The van der Waals surface area contributed by atoms with Crippen LogP contribution < -0.4 is 5.73 Å². The monoisotopic (exact) mass is 340 g/mol. The zero-order valence-corrected chi connectivity index (χ0v) is 14.1. The van der Waals surface area contributed by atoms with E-state index in [1.54, 1.807) is 6.07 Å². The molecule has 5 heteroatoms. The van der Waals surface area contributed by atoms with Crippen molar-refractivity contribution in [2.75, 3.05) is 5.73 Å². The van der Waals surface area contributed by atoms with Crippen LogP contribution in [0.15, 0.2) is 42.5 Å². The molecule has 0 unspecified atom stereocenters. The van der Waals surface area contributed by atoms with E-state index in [1.165, 1.54) is 0 Å². The standard InChI is InChI=1S/C21H16N4O/c22-10-12-4-1-2-5-14(12)15-6-3-7-16-19(23)18-17(24-20(15)16)11-25(21(18)26)13-8-9-13/h1-7,13H,8-9,11H2,(H2,23,24). The maximum atomic E-state index is 12.8. The molecule has 2 aromatic carbocycles. The zero-order chi connectivity index (χ0) is 17.8. The first kappa shape index (κ1) is 14.9. The van der Waals surface area contributed by atoms with Gasteiger partial charge in [-0.1, -0.05) is 36.4 Å². The van der Waals surface area contributed by atoms with Gasteiger partial charge in [0, 0.05) is 22.6 Å². The predicted octanol–water partition coefficient (Wildman–Crippen LogP) is 3.47. The Morgan fingerprint density at radius 2 is 1.88 bits per heavy atom. The van der Waals surface area contributed by atoms with Gasteiger partial charge in [-0.2, -0.15) is 5.26 Å². The van der Waals surface area contributed by atoms with Gasteiger partial charge in [0.1, 0.15) is 0 Å². The Labute approximate surface area is 150 Å². The van der Waals surface area contributed by atoms with Gasteiger partial charge in [-0.05, 0) is 18.9 Å². The SMILES string of the molecule is N#Cc1ccccc1-c1cccc2c(N)c3c(nc12)CN(C1CC1)C3=O. The van der Waals surface area contributed by atoms with E-state index in [0.717, 1.165) is 40.6 Å². The molecule has 2 aliphatic rings. The summed E-state index contributed by atoms with van der Waals surface area (Å²) in [4.78, 5) is 19.5. The van der Waals surface area contributed by atoms with Crippen LogP contribution in [0.5, 0.6) is 0 Å². The Morgan fingerprint density at radius 1 is 1.12 bits per heavy atom. The van der Waals surface area contributed by atoms with Crippen molar-refractivity contribution >= 4 is 22.5 Å². The van der Waals surface area contributed by atoms with E-state index >= 15 is 0 Å². The van der Waals surface area contributed by atoms with Gasteiger partial charge in [0.2, 0.25) is 0 Å². The fourth-order valence-electron chi connectivity index (χ4n) is 3.81. The zero-order valence-electron chi connectivity index (χ0n) is 14.1. The summed E-state index contributed by atoms with van der Waals surface area (Å²) in [5.74, 6) is -0.00257. The second kappa shape index (κ2) is 5.30. The Kier molecular flexibility index (Phi) is 3.04. The highest BCUT2D eigenvalue weighted by Crippen LogP contribution is 2.40. The molecule has 2 N–H and O–H groups in total. The lowest BCUT2D eigenvalue weighted by molar-refractivity contribution is 0.0767. The van der Waals surface area contributed by atoms with Crippen LogP contribution in [0.1, 0.15) is 34.5 Å². The van der Waals surface area contributed by atoms with E-state index in [0.29, 0.717) is 29.4 Å². The number of hydrogen-bond donors (Lipinski definition) is 1. The number of carbonyl (C=O) groups is 1. The van der Waals surface area contributed by atoms with Crippen LogP contribution in [0.3, 0.4) is 0 Å². The van der Waals surface area contributed by atoms with Gasteiger partial charge in [-0.25, -0.2) is 4.98 Å². The van der Waals surface area contributed by atoms with Crippen molar-refractivity contribution in [1.29, 1.82) is 5.26 Å². The molecule has 1 aromatic heterocycles. The van der Waals surface area contributed by atoms with Crippen LogP contribution in [0.25, 0.3) is 22.0 Å². The van der Waals surface area contributed by atoms with E-state index in [4.69, 9.17) is 10.7 Å². The number of nitrogens with two attached hydrogens (primary N) is 1. The molecular formula is C21H16N4O. The molecule has 3 aromatic rings. The molecule has 126 valence electrons. The summed E-state index contributed by atoms with van der Waals surface area (Å²) < 4.78 is 0. The van der Waals surface area contributed by atoms with Gasteiger partial charge in [0.15, 0.2) is 0 Å². The normalized spacial score (nSPS) is 16.0. The van der Waals surface area contributed by atoms with Crippen LogP contribution >= 0.6 is 0 Å². The summed E-state index contributed by atoms with van der Waals surface area (Å²) in [6, 6.07) is 15.8. The van der Waals surface area contributed by atoms with Crippen molar-refractivity contribution in [3.63, 3.8) is 0 Å². The minimum Gasteiger partial charge on any atom is -0.397 e. The van der Waals surface area contributed by atoms with Gasteiger partial charge in [-0.15, -0.1) is 0 Å². The lowest BCUT2D eigenvalue weighted by Crippen LogP contribution is -2.26. The largest absolute Gasteiger partial charge is 0.397 e. The first-order chi connectivity index (χ1) is 12.7. The summed E-state index contributed by atoms with van der Waals surface area (Å²) in [6.07, 6.45) is 2.11. The number of aromatic nitrogens is 1. The number of amides is 1. The highest BCUT2D eigenvalue weighted by atomic mass is 16.2. The summed E-state index contributed by atoms with van der Waals surface area (Å²) in [7, 11) is 0. The fourth-order valence-corrected chi connectivity index (χ4v) is 3.81. The van der Waals surface area contributed by atoms with Gasteiger partial charge in [0.25, 0.3) is 5.91 Å². The molecule has 0 atom stereocenters. The Hall–Kier alpha value is -3.39. The van der Waals surface area contributed by atoms with Crippen LogP contribution in [0, 0.1) is 11.3 Å². The summed E-state index contributed by atoms with van der Waals surface area (Å²) in [5, 5.41) is 10.2. The van der Waals surface area contributed by atoms with Gasteiger partial charge in [0.05, 0.1) is 40.6 Å². The number of nitrogens with zero attached hydrogens (tertiary/aromatic N) is 3. The Bertz CT molecular complexity index is 1120. The van der Waals surface area contributed by atoms with Gasteiger partial charge in [-0.3, -0.25) is 4.79 Å². The van der Waals surface area contributed by atoms with E-state index in [2.05, 4.69) is 6.07 Å². The molecule has 0 radical (unpaired) electrons. The molecule has 5 nitrogen and oxygen atoms in total. The molecule has 0 bridgehead atoms. The number of para-hydroxylation sites is 1. The number of fused-ring (bicyclic) bond motifs is 2. The van der Waals surface area contributed by atoms with Crippen molar-refractivity contribution in [3.8, 4) is 17.2 Å². The van der Waals surface area contributed by atoms with Crippen molar-refractivity contribution < 1.29 is 4.79 Å². The first-order valence-electron chi connectivity index (χ1n) is 8.70. The van der Waals surface area contributed by atoms with Crippen LogP contribution in [0.2, 0.25) is 0 Å². The maximum Gasteiger partial charge on any atom is 0.258 e. The number of benzene rings is 2. The highest BCUT2D eigenvalue weighted by Gasteiger charge is 2.40. The Balaban J connectivity index is 1.77. The predicted molar refractivity (Wildman–Crippen MR) is 99.2 cm³/mol. The third kappa shape index (κ3) is 2.02. The second-order valence-electron chi connectivity index (χ2n) is 6.87. The van der Waals surface area contributed by atoms with Gasteiger partial charge < -0.3 is 10.6 Å². The topological polar surface area (TPSA) is 83.0 Å². The molecule has 2 heterocycles. The second-order valence-corrected chi connectivity index (χ2v) is 6.87. The summed E-state index contributed by atoms with van der Waals surface area (Å²) in [5.41, 5.74) is 11.2. The van der Waals surface area contributed by atoms with Crippen LogP contribution in [-0.4, -0.2) is 21.8 Å². The minimum absolute atomic E-state index is 0.00257. The van der Waals surface area contributed by atoms with Crippen molar-refractivity contribution in [3.05, 3.63) is 59.3 Å². The van der Waals surface area contributed by atoms with Crippen molar-refractivity contribution in [2.45, 2.75) is 25.4 Å². The molecule has 1 amide bonds. The van der Waals surface area contributed by atoms with Crippen molar-refractivity contribution in [1.82, 2.24) is 9.88 Å². The highest BCUT2D eigenvalue weighted by molar-refractivity contribution is 6.11. The van der Waals surface area contributed by atoms with E-state index in [1.807, 2.05) is 41.3 Å². The Morgan fingerprint density at radius 3 is 2.65 bits per heavy atom. The molecule has 1 aliphatic heterocycles.